The number of hydrogen-bond donors (Lipinski definition) is 1. The summed E-state index contributed by atoms with van der Waals surface area (Å²) >= 11 is 0. The molecule has 3 aliphatic heterocycles. The molecule has 0 spiro atoms. The summed E-state index contributed by atoms with van der Waals surface area (Å²) in [5.41, 5.74) is 0. The molecule has 1 atom stereocenters. The first kappa shape index (κ1) is 17.7. The van der Waals surface area contributed by atoms with Crippen LogP contribution in [0.1, 0.15) is 6.42 Å². The van der Waals surface area contributed by atoms with Gasteiger partial charge in [0.05, 0.1) is 37.9 Å². The fraction of sp³-hybridized carbons (Fsp3) is 0.800. The highest BCUT2D eigenvalue weighted by Gasteiger charge is 2.29. The van der Waals surface area contributed by atoms with Crippen LogP contribution >= 0.6 is 0 Å². The molecule has 0 radical (unpaired) electrons. The second kappa shape index (κ2) is 7.49. The van der Waals surface area contributed by atoms with Gasteiger partial charge in [0.1, 0.15) is 0 Å². The Hall–Kier alpha value is -1.72. The van der Waals surface area contributed by atoms with Crippen molar-refractivity contribution in [3.8, 4) is 0 Å². The molecule has 3 saturated heterocycles. The predicted octanol–water partition coefficient (Wildman–Crippen LogP) is -0.856. The first-order chi connectivity index (χ1) is 12.6. The first-order valence-electron chi connectivity index (χ1n) is 8.97. The van der Waals surface area contributed by atoms with E-state index in [0.29, 0.717) is 50.7 Å². The van der Waals surface area contributed by atoms with Crippen LogP contribution in [0.4, 0.5) is 17.8 Å². The quantitative estimate of drug-likeness (QED) is 0.704. The molecular weight excluding hydrogens is 360 g/mol. The number of nitrogens with zero attached hydrogens (tertiary/aromatic N) is 5. The minimum Gasteiger partial charge on any atom is -0.378 e. The molecule has 3 fully saturated rings. The molecule has 1 N–H and O–H groups in total. The van der Waals surface area contributed by atoms with Crippen LogP contribution < -0.4 is 15.1 Å². The number of hydrogen-bond acceptors (Lipinski definition) is 10. The summed E-state index contributed by atoms with van der Waals surface area (Å²) in [6.45, 7) is 5.47. The molecule has 4 rings (SSSR count). The van der Waals surface area contributed by atoms with Crippen LogP contribution in [0.5, 0.6) is 0 Å². The van der Waals surface area contributed by atoms with E-state index in [0.717, 1.165) is 26.2 Å². The van der Waals surface area contributed by atoms with Gasteiger partial charge in [-0.05, 0) is 6.42 Å². The van der Waals surface area contributed by atoms with E-state index in [2.05, 4.69) is 30.1 Å². The highest BCUT2D eigenvalue weighted by atomic mass is 32.2. The van der Waals surface area contributed by atoms with E-state index in [-0.39, 0.29) is 17.5 Å². The van der Waals surface area contributed by atoms with Crippen molar-refractivity contribution < 1.29 is 17.9 Å². The van der Waals surface area contributed by atoms with Crippen molar-refractivity contribution in [2.24, 2.45) is 0 Å². The van der Waals surface area contributed by atoms with Crippen LogP contribution in [0.25, 0.3) is 0 Å². The van der Waals surface area contributed by atoms with Crippen molar-refractivity contribution in [1.29, 1.82) is 0 Å². The number of rotatable bonds is 4. The van der Waals surface area contributed by atoms with Gasteiger partial charge in [-0.25, -0.2) is 8.42 Å². The van der Waals surface area contributed by atoms with Gasteiger partial charge >= 0.3 is 0 Å². The minimum atomic E-state index is -2.96. The van der Waals surface area contributed by atoms with Gasteiger partial charge in [-0.1, -0.05) is 0 Å². The van der Waals surface area contributed by atoms with E-state index in [9.17, 15) is 8.42 Å². The monoisotopic (exact) mass is 384 g/mol. The SMILES string of the molecule is O=S1(=O)CC[C@@H](Nc2nc(N3CCOCC3)nc(N3CCOCC3)n2)C1. The largest absolute Gasteiger partial charge is 0.378 e. The Bertz CT molecular complexity index is 697. The Morgan fingerprint density at radius 3 is 1.88 bits per heavy atom. The average molecular weight is 384 g/mol. The van der Waals surface area contributed by atoms with Gasteiger partial charge < -0.3 is 24.6 Å². The number of anilines is 3. The molecule has 0 aromatic carbocycles. The van der Waals surface area contributed by atoms with Crippen LogP contribution in [-0.2, 0) is 19.3 Å². The zero-order valence-electron chi connectivity index (χ0n) is 14.6. The van der Waals surface area contributed by atoms with Crippen molar-refractivity contribution in [2.45, 2.75) is 12.5 Å². The molecule has 3 aliphatic rings. The lowest BCUT2D eigenvalue weighted by molar-refractivity contribution is 0.121. The summed E-state index contributed by atoms with van der Waals surface area (Å²) in [6.07, 6.45) is 0.577. The average Bonchev–Trinajstić information content (AvgIpc) is 3.01. The van der Waals surface area contributed by atoms with Gasteiger partial charge in [0.25, 0.3) is 0 Å². The van der Waals surface area contributed by atoms with Crippen LogP contribution in [0.3, 0.4) is 0 Å². The zero-order valence-corrected chi connectivity index (χ0v) is 15.4. The van der Waals surface area contributed by atoms with Crippen molar-refractivity contribution in [2.75, 3.05) is 79.2 Å². The van der Waals surface area contributed by atoms with Crippen LogP contribution in [0, 0.1) is 0 Å². The molecule has 1 aromatic rings. The van der Waals surface area contributed by atoms with E-state index in [1.54, 1.807) is 0 Å². The lowest BCUT2D eigenvalue weighted by atomic mass is 10.3. The number of aromatic nitrogens is 3. The number of nitrogens with one attached hydrogen (secondary N) is 1. The second-order valence-electron chi connectivity index (χ2n) is 6.70. The molecule has 0 bridgehead atoms. The normalized spacial score (nSPS) is 26.1. The van der Waals surface area contributed by atoms with Crippen LogP contribution in [-0.4, -0.2) is 93.5 Å². The van der Waals surface area contributed by atoms with E-state index >= 15 is 0 Å². The van der Waals surface area contributed by atoms with E-state index in [1.165, 1.54) is 0 Å². The van der Waals surface area contributed by atoms with E-state index in [4.69, 9.17) is 9.47 Å². The Kier molecular flexibility index (Phi) is 5.09. The lowest BCUT2D eigenvalue weighted by Crippen LogP contribution is -2.40. The number of ether oxygens (including phenoxy) is 2. The summed E-state index contributed by atoms with van der Waals surface area (Å²) in [7, 11) is -2.96. The number of morpholine rings is 2. The fourth-order valence-corrected chi connectivity index (χ4v) is 4.99. The zero-order chi connectivity index (χ0) is 18.0. The van der Waals surface area contributed by atoms with E-state index < -0.39 is 9.84 Å². The second-order valence-corrected chi connectivity index (χ2v) is 8.93. The molecule has 0 aliphatic carbocycles. The first-order valence-corrected chi connectivity index (χ1v) is 10.8. The van der Waals surface area contributed by atoms with Crippen LogP contribution in [0.15, 0.2) is 0 Å². The summed E-state index contributed by atoms with van der Waals surface area (Å²) < 4.78 is 34.3. The van der Waals surface area contributed by atoms with Crippen LogP contribution in [0.2, 0.25) is 0 Å². The summed E-state index contributed by atoms with van der Waals surface area (Å²) in [5, 5.41) is 3.20. The number of sulfone groups is 1. The molecule has 0 unspecified atom stereocenters. The smallest absolute Gasteiger partial charge is 0.232 e. The maximum absolute atomic E-state index is 11.7. The maximum Gasteiger partial charge on any atom is 0.232 e. The summed E-state index contributed by atoms with van der Waals surface area (Å²) in [5.74, 6) is 1.98. The summed E-state index contributed by atoms with van der Waals surface area (Å²) in [6, 6.07) is -0.155. The third-order valence-electron chi connectivity index (χ3n) is 4.77. The molecule has 0 saturated carbocycles. The molecule has 1 aromatic heterocycles. The van der Waals surface area contributed by atoms with Crippen molar-refractivity contribution in [3.05, 3.63) is 0 Å². The summed E-state index contributed by atoms with van der Waals surface area (Å²) in [4.78, 5) is 17.9. The molecular formula is C15H24N6O4S. The minimum absolute atomic E-state index is 0.123. The topological polar surface area (TPSA) is 110 Å². The van der Waals surface area contributed by atoms with Gasteiger partial charge in [0.15, 0.2) is 9.84 Å². The molecule has 4 heterocycles. The van der Waals surface area contributed by atoms with Gasteiger partial charge in [0.2, 0.25) is 17.8 Å². The third kappa shape index (κ3) is 4.15. The highest BCUT2D eigenvalue weighted by molar-refractivity contribution is 7.91. The molecule has 26 heavy (non-hydrogen) atoms. The predicted molar refractivity (Wildman–Crippen MR) is 96.6 cm³/mol. The molecule has 10 nitrogen and oxygen atoms in total. The lowest BCUT2D eigenvalue weighted by Gasteiger charge is -2.30. The Morgan fingerprint density at radius 1 is 0.885 bits per heavy atom. The van der Waals surface area contributed by atoms with E-state index in [1.807, 2.05) is 0 Å². The van der Waals surface area contributed by atoms with Crippen molar-refractivity contribution in [1.82, 2.24) is 15.0 Å². The third-order valence-corrected chi connectivity index (χ3v) is 6.53. The highest BCUT2D eigenvalue weighted by Crippen LogP contribution is 2.21. The van der Waals surface area contributed by atoms with Gasteiger partial charge in [-0.15, -0.1) is 0 Å². The Labute approximate surface area is 152 Å². The Balaban J connectivity index is 1.58. The van der Waals surface area contributed by atoms with Gasteiger partial charge in [0, 0.05) is 32.2 Å². The Morgan fingerprint density at radius 2 is 1.42 bits per heavy atom. The van der Waals surface area contributed by atoms with Crippen molar-refractivity contribution in [3.63, 3.8) is 0 Å². The van der Waals surface area contributed by atoms with Gasteiger partial charge in [-0.3, -0.25) is 0 Å². The standard InChI is InChI=1S/C15H24N6O4S/c22-26(23)10-1-12(11-26)16-13-17-14(20-2-6-24-7-3-20)19-15(18-13)21-4-8-25-9-5-21/h12H,1-11H2,(H,16,17,18,19)/t12-/m1/s1. The molecule has 0 amide bonds. The molecule has 11 heteroatoms. The van der Waals surface area contributed by atoms with Crippen molar-refractivity contribution >= 4 is 27.7 Å². The molecule has 144 valence electrons. The maximum atomic E-state index is 11.7. The fourth-order valence-electron chi connectivity index (χ4n) is 3.32. The van der Waals surface area contributed by atoms with Gasteiger partial charge in [-0.2, -0.15) is 15.0 Å².